The van der Waals surface area contributed by atoms with Crippen LogP contribution in [0.5, 0.6) is 0 Å². The molecule has 2 unspecified atom stereocenters. The van der Waals surface area contributed by atoms with E-state index < -0.39 is 0 Å². The summed E-state index contributed by atoms with van der Waals surface area (Å²) >= 11 is 2.07. The summed E-state index contributed by atoms with van der Waals surface area (Å²) < 4.78 is 5.70. The van der Waals surface area contributed by atoms with Crippen LogP contribution in [0.15, 0.2) is 29.2 Å². The van der Waals surface area contributed by atoms with Gasteiger partial charge in [0.1, 0.15) is 0 Å². The Bertz CT molecular complexity index is 466. The fourth-order valence-corrected chi connectivity index (χ4v) is 4.67. The molecule has 1 aromatic rings. The normalized spacial score (nSPS) is 29.5. The van der Waals surface area contributed by atoms with Crippen molar-refractivity contribution in [2.24, 2.45) is 0 Å². The molecule has 1 saturated heterocycles. The summed E-state index contributed by atoms with van der Waals surface area (Å²) in [7, 11) is 0. The molecule has 1 aliphatic carbocycles. The molecule has 0 bridgehead atoms. The lowest BCUT2D eigenvalue weighted by Gasteiger charge is -2.37. The summed E-state index contributed by atoms with van der Waals surface area (Å²) in [6.07, 6.45) is 3.95. The Morgan fingerprint density at radius 2 is 2.19 bits per heavy atom. The average molecular weight is 304 g/mol. The van der Waals surface area contributed by atoms with Crippen molar-refractivity contribution in [1.29, 1.82) is 0 Å². The van der Waals surface area contributed by atoms with E-state index >= 15 is 0 Å². The fraction of sp³-hybridized carbons (Fsp3) is 0.647. The van der Waals surface area contributed by atoms with Crippen molar-refractivity contribution >= 4 is 11.8 Å². The molecule has 2 fully saturated rings. The molecule has 1 N–H and O–H groups in total. The molecular weight excluding hydrogens is 280 g/mol. The minimum Gasteiger partial charge on any atom is -0.378 e. The Balaban J connectivity index is 1.34. The molecule has 2 heterocycles. The molecule has 21 heavy (non-hydrogen) atoms. The van der Waals surface area contributed by atoms with E-state index in [9.17, 15) is 0 Å². The van der Waals surface area contributed by atoms with Crippen molar-refractivity contribution < 1.29 is 4.74 Å². The van der Waals surface area contributed by atoms with Gasteiger partial charge >= 0.3 is 0 Å². The van der Waals surface area contributed by atoms with Gasteiger partial charge in [-0.1, -0.05) is 18.2 Å². The number of nitrogens with one attached hydrogen (secondary N) is 1. The second-order valence-corrected chi connectivity index (χ2v) is 7.80. The van der Waals surface area contributed by atoms with Gasteiger partial charge in [-0.25, -0.2) is 0 Å². The maximum Gasteiger partial charge on any atom is 0.0634 e. The summed E-state index contributed by atoms with van der Waals surface area (Å²) in [5.74, 6) is 0. The molecule has 0 amide bonds. The van der Waals surface area contributed by atoms with Gasteiger partial charge in [-0.3, -0.25) is 4.90 Å². The Morgan fingerprint density at radius 3 is 3.05 bits per heavy atom. The second-order valence-electron chi connectivity index (χ2n) is 6.46. The SMILES string of the molecule is c1ccc2c(c1)CC(CN1CCOCC1CNC1CC1)S2. The third kappa shape index (κ3) is 3.45. The number of fused-ring (bicyclic) bond motifs is 1. The van der Waals surface area contributed by atoms with Gasteiger partial charge in [-0.05, 0) is 30.9 Å². The minimum atomic E-state index is 0.559. The summed E-state index contributed by atoms with van der Waals surface area (Å²) in [6.45, 7) is 5.16. The Kier molecular flexibility index (Phi) is 4.21. The first-order valence-corrected chi connectivity index (χ1v) is 9.06. The fourth-order valence-electron chi connectivity index (χ4n) is 3.33. The highest BCUT2D eigenvalue weighted by Gasteiger charge is 2.30. The van der Waals surface area contributed by atoms with Crippen molar-refractivity contribution in [3.05, 3.63) is 29.8 Å². The highest BCUT2D eigenvalue weighted by molar-refractivity contribution is 8.00. The van der Waals surface area contributed by atoms with Gasteiger partial charge in [0.15, 0.2) is 0 Å². The van der Waals surface area contributed by atoms with Crippen LogP contribution in [0.1, 0.15) is 18.4 Å². The molecule has 3 nitrogen and oxygen atoms in total. The van der Waals surface area contributed by atoms with Crippen LogP contribution in [-0.4, -0.2) is 55.1 Å². The summed E-state index contributed by atoms with van der Waals surface area (Å²) in [5.41, 5.74) is 1.54. The van der Waals surface area contributed by atoms with Crippen LogP contribution in [0.2, 0.25) is 0 Å². The first-order chi connectivity index (χ1) is 10.4. The maximum atomic E-state index is 5.70. The predicted octanol–water partition coefficient (Wildman–Crippen LogP) is 2.16. The molecule has 2 aliphatic heterocycles. The summed E-state index contributed by atoms with van der Waals surface area (Å²) in [4.78, 5) is 4.14. The van der Waals surface area contributed by atoms with E-state index in [0.29, 0.717) is 11.3 Å². The number of thioether (sulfide) groups is 1. The van der Waals surface area contributed by atoms with Crippen LogP contribution in [0.3, 0.4) is 0 Å². The van der Waals surface area contributed by atoms with E-state index in [0.717, 1.165) is 32.3 Å². The third-order valence-corrected chi connectivity index (χ3v) is 6.02. The zero-order valence-corrected chi connectivity index (χ0v) is 13.3. The number of benzene rings is 1. The molecule has 0 aromatic heterocycles. The number of hydrogen-bond donors (Lipinski definition) is 1. The first-order valence-electron chi connectivity index (χ1n) is 8.18. The van der Waals surface area contributed by atoms with E-state index in [1.54, 1.807) is 0 Å². The molecule has 2 atom stereocenters. The Hall–Kier alpha value is -0.550. The largest absolute Gasteiger partial charge is 0.378 e. The number of hydrogen-bond acceptors (Lipinski definition) is 4. The molecule has 0 radical (unpaired) electrons. The molecule has 1 saturated carbocycles. The summed E-state index contributed by atoms with van der Waals surface area (Å²) in [5, 5.41) is 4.38. The Labute approximate surface area is 131 Å². The molecule has 0 spiro atoms. The molecule has 3 aliphatic rings. The number of ether oxygens (including phenoxy) is 1. The van der Waals surface area contributed by atoms with Crippen molar-refractivity contribution in [1.82, 2.24) is 10.2 Å². The van der Waals surface area contributed by atoms with Gasteiger partial charge in [-0.2, -0.15) is 0 Å². The van der Waals surface area contributed by atoms with Crippen LogP contribution in [0.25, 0.3) is 0 Å². The van der Waals surface area contributed by atoms with Gasteiger partial charge in [0, 0.05) is 41.9 Å². The molecule has 114 valence electrons. The quantitative estimate of drug-likeness (QED) is 0.901. The van der Waals surface area contributed by atoms with Gasteiger partial charge in [0.25, 0.3) is 0 Å². The van der Waals surface area contributed by atoms with Crippen LogP contribution in [-0.2, 0) is 11.2 Å². The van der Waals surface area contributed by atoms with Crippen molar-refractivity contribution in [3.8, 4) is 0 Å². The van der Waals surface area contributed by atoms with Gasteiger partial charge in [0.05, 0.1) is 13.2 Å². The average Bonchev–Trinajstić information content (AvgIpc) is 3.25. The van der Waals surface area contributed by atoms with Gasteiger partial charge in [-0.15, -0.1) is 11.8 Å². The first kappa shape index (κ1) is 14.1. The molecule has 4 heteroatoms. The lowest BCUT2D eigenvalue weighted by molar-refractivity contribution is -0.00643. The van der Waals surface area contributed by atoms with E-state index in [2.05, 4.69) is 46.2 Å². The number of morpholine rings is 1. The van der Waals surface area contributed by atoms with Crippen LogP contribution < -0.4 is 5.32 Å². The smallest absolute Gasteiger partial charge is 0.0634 e. The van der Waals surface area contributed by atoms with Gasteiger partial charge < -0.3 is 10.1 Å². The maximum absolute atomic E-state index is 5.70. The number of nitrogens with zero attached hydrogens (tertiary/aromatic N) is 1. The highest BCUT2D eigenvalue weighted by Crippen LogP contribution is 2.37. The van der Waals surface area contributed by atoms with Crippen molar-refractivity contribution in [2.45, 2.75) is 41.5 Å². The molecular formula is C17H24N2OS. The second kappa shape index (κ2) is 6.29. The Morgan fingerprint density at radius 1 is 1.29 bits per heavy atom. The van der Waals surface area contributed by atoms with E-state index in [1.807, 2.05) is 0 Å². The lowest BCUT2D eigenvalue weighted by Crippen LogP contribution is -2.52. The molecule has 4 rings (SSSR count). The monoisotopic (exact) mass is 304 g/mol. The topological polar surface area (TPSA) is 24.5 Å². The van der Waals surface area contributed by atoms with E-state index in [1.165, 1.54) is 36.3 Å². The van der Waals surface area contributed by atoms with Crippen LogP contribution in [0, 0.1) is 0 Å². The zero-order valence-electron chi connectivity index (χ0n) is 12.5. The minimum absolute atomic E-state index is 0.559. The van der Waals surface area contributed by atoms with E-state index in [4.69, 9.17) is 4.74 Å². The number of rotatable bonds is 5. The zero-order chi connectivity index (χ0) is 14.1. The predicted molar refractivity (Wildman–Crippen MR) is 87.0 cm³/mol. The standard InChI is InChI=1S/C17H24N2OS/c1-2-4-17-13(3-1)9-16(21-17)11-19-7-8-20-12-15(19)10-18-14-5-6-14/h1-4,14-16,18H,5-12H2. The van der Waals surface area contributed by atoms with Gasteiger partial charge in [0.2, 0.25) is 0 Å². The van der Waals surface area contributed by atoms with Crippen LogP contribution in [0.4, 0.5) is 0 Å². The lowest BCUT2D eigenvalue weighted by atomic mass is 10.1. The highest BCUT2D eigenvalue weighted by atomic mass is 32.2. The van der Waals surface area contributed by atoms with Crippen molar-refractivity contribution in [2.75, 3.05) is 32.8 Å². The van der Waals surface area contributed by atoms with E-state index in [-0.39, 0.29) is 0 Å². The van der Waals surface area contributed by atoms with Crippen LogP contribution >= 0.6 is 11.8 Å². The molecule has 1 aromatic carbocycles. The van der Waals surface area contributed by atoms with Crippen molar-refractivity contribution in [3.63, 3.8) is 0 Å². The summed E-state index contributed by atoms with van der Waals surface area (Å²) in [6, 6.07) is 10.2. The third-order valence-electron chi connectivity index (χ3n) is 4.72.